The summed E-state index contributed by atoms with van der Waals surface area (Å²) in [4.78, 5) is 28.6. The molecule has 0 bridgehead atoms. The molecule has 0 N–H and O–H groups in total. The summed E-state index contributed by atoms with van der Waals surface area (Å²) >= 11 is 1.43. The molecule has 31 heavy (non-hydrogen) atoms. The van der Waals surface area contributed by atoms with E-state index in [2.05, 4.69) is 0 Å². The first-order valence-corrected chi connectivity index (χ1v) is 10.8. The van der Waals surface area contributed by atoms with Crippen LogP contribution >= 0.6 is 11.8 Å². The van der Waals surface area contributed by atoms with Crippen molar-refractivity contribution < 1.29 is 13.6 Å². The Balaban J connectivity index is 1.58. The summed E-state index contributed by atoms with van der Waals surface area (Å²) in [6.07, 6.45) is 1.42. The summed E-state index contributed by atoms with van der Waals surface area (Å²) in [6.45, 7) is 0.374. The van der Waals surface area contributed by atoms with Gasteiger partial charge in [-0.05, 0) is 42.0 Å². The minimum absolute atomic E-state index is 0.110. The lowest BCUT2D eigenvalue weighted by Gasteiger charge is -2.23. The lowest BCUT2D eigenvalue weighted by Crippen LogP contribution is -2.33. The van der Waals surface area contributed by atoms with Crippen molar-refractivity contribution in [2.24, 2.45) is 0 Å². The molecule has 0 atom stereocenters. The van der Waals surface area contributed by atoms with E-state index in [1.54, 1.807) is 41.3 Å². The number of rotatable bonds is 7. The molecule has 4 aromatic rings. The molecule has 0 aliphatic heterocycles. The minimum Gasteiger partial charge on any atom is -0.464 e. The van der Waals surface area contributed by atoms with Crippen LogP contribution in [0.1, 0.15) is 11.1 Å². The molecule has 0 aliphatic rings. The summed E-state index contributed by atoms with van der Waals surface area (Å²) in [5.41, 5.74) is 1.53. The highest BCUT2D eigenvalue weighted by Gasteiger charge is 2.18. The van der Waals surface area contributed by atoms with Gasteiger partial charge in [-0.3, -0.25) is 9.59 Å². The van der Waals surface area contributed by atoms with Gasteiger partial charge in [0.05, 0.1) is 29.5 Å². The van der Waals surface area contributed by atoms with Gasteiger partial charge in [0.15, 0.2) is 5.43 Å². The topological polar surface area (TPSA) is 50.5 Å². The van der Waals surface area contributed by atoms with E-state index in [-0.39, 0.29) is 36.0 Å². The van der Waals surface area contributed by atoms with Crippen LogP contribution < -0.4 is 5.43 Å². The van der Waals surface area contributed by atoms with Gasteiger partial charge in [0.1, 0.15) is 11.4 Å². The second-order valence-corrected chi connectivity index (χ2v) is 8.11. The zero-order chi connectivity index (χ0) is 21.6. The Kier molecular flexibility index (Phi) is 6.48. The fourth-order valence-electron chi connectivity index (χ4n) is 3.23. The first kappa shape index (κ1) is 20.9. The van der Waals surface area contributed by atoms with E-state index in [1.807, 2.05) is 30.3 Å². The Hall–Kier alpha value is -3.38. The van der Waals surface area contributed by atoms with E-state index in [9.17, 15) is 14.0 Å². The largest absolute Gasteiger partial charge is 0.464 e. The molecule has 0 saturated carbocycles. The maximum Gasteiger partial charge on any atom is 0.233 e. The number of amides is 1. The van der Waals surface area contributed by atoms with Crippen molar-refractivity contribution in [2.75, 3.05) is 5.75 Å². The third-order valence-electron chi connectivity index (χ3n) is 4.86. The number of carbonyl (C=O) groups is 1. The average Bonchev–Trinajstić information content (AvgIpc) is 2.81. The first-order valence-electron chi connectivity index (χ1n) is 9.79. The highest BCUT2D eigenvalue weighted by molar-refractivity contribution is 8.00. The third-order valence-corrected chi connectivity index (χ3v) is 5.85. The number of thioether (sulfide) groups is 1. The summed E-state index contributed by atoms with van der Waals surface area (Å²) in [7, 11) is 0. The van der Waals surface area contributed by atoms with Crippen LogP contribution in [0.3, 0.4) is 0 Å². The van der Waals surface area contributed by atoms with Crippen molar-refractivity contribution in [1.82, 2.24) is 4.90 Å². The lowest BCUT2D eigenvalue weighted by atomic mass is 10.1. The molecule has 4 rings (SSSR count). The quantitative estimate of drug-likeness (QED) is 0.374. The smallest absolute Gasteiger partial charge is 0.233 e. The van der Waals surface area contributed by atoms with Crippen LogP contribution in [0.2, 0.25) is 0 Å². The SMILES string of the molecule is O=C(CSc1ccccc1)N(Cc1ccc(F)cc1)Cc1coc2ccccc2c1=O. The highest BCUT2D eigenvalue weighted by atomic mass is 32.2. The van der Waals surface area contributed by atoms with E-state index in [1.165, 1.54) is 30.2 Å². The second-order valence-electron chi connectivity index (χ2n) is 7.06. The molecule has 4 nitrogen and oxygen atoms in total. The molecule has 0 saturated heterocycles. The van der Waals surface area contributed by atoms with E-state index >= 15 is 0 Å². The molecule has 0 fully saturated rings. The van der Waals surface area contributed by atoms with Crippen molar-refractivity contribution in [2.45, 2.75) is 18.0 Å². The predicted molar refractivity (Wildman–Crippen MR) is 120 cm³/mol. The van der Waals surface area contributed by atoms with Gasteiger partial charge in [-0.25, -0.2) is 4.39 Å². The number of fused-ring (bicyclic) bond motifs is 1. The van der Waals surface area contributed by atoms with Crippen LogP contribution in [-0.4, -0.2) is 16.6 Å². The van der Waals surface area contributed by atoms with Gasteiger partial charge >= 0.3 is 0 Å². The zero-order valence-corrected chi connectivity index (χ0v) is 17.5. The Morgan fingerprint density at radius 2 is 1.61 bits per heavy atom. The Bertz CT molecular complexity index is 1240. The van der Waals surface area contributed by atoms with E-state index in [0.717, 1.165) is 10.5 Å². The van der Waals surface area contributed by atoms with Crippen molar-refractivity contribution >= 4 is 28.6 Å². The van der Waals surface area contributed by atoms with Crippen LogP contribution in [0, 0.1) is 5.82 Å². The minimum atomic E-state index is -0.337. The van der Waals surface area contributed by atoms with Gasteiger partial charge in [0.2, 0.25) is 5.91 Å². The molecule has 0 unspecified atom stereocenters. The third kappa shape index (κ3) is 5.22. The lowest BCUT2D eigenvalue weighted by molar-refractivity contribution is -0.129. The maximum absolute atomic E-state index is 13.3. The summed E-state index contributed by atoms with van der Waals surface area (Å²) in [5, 5.41) is 0.479. The number of para-hydroxylation sites is 1. The highest BCUT2D eigenvalue weighted by Crippen LogP contribution is 2.20. The monoisotopic (exact) mass is 433 g/mol. The fraction of sp³-hybridized carbons (Fsp3) is 0.120. The first-order chi connectivity index (χ1) is 15.1. The van der Waals surface area contributed by atoms with Gasteiger partial charge in [-0.15, -0.1) is 11.8 Å². The van der Waals surface area contributed by atoms with E-state index in [0.29, 0.717) is 16.5 Å². The number of hydrogen-bond acceptors (Lipinski definition) is 4. The van der Waals surface area contributed by atoms with Gasteiger partial charge in [0, 0.05) is 11.4 Å². The summed E-state index contributed by atoms with van der Waals surface area (Å²) in [6, 6.07) is 22.7. The van der Waals surface area contributed by atoms with Crippen LogP contribution in [0.15, 0.2) is 99.2 Å². The fourth-order valence-corrected chi connectivity index (χ4v) is 4.05. The molecule has 156 valence electrons. The Morgan fingerprint density at radius 1 is 0.903 bits per heavy atom. The van der Waals surface area contributed by atoms with Crippen molar-refractivity contribution in [3.8, 4) is 0 Å². The van der Waals surface area contributed by atoms with Crippen molar-refractivity contribution in [3.63, 3.8) is 0 Å². The molecule has 1 amide bonds. The van der Waals surface area contributed by atoms with E-state index in [4.69, 9.17) is 4.42 Å². The maximum atomic E-state index is 13.3. The summed E-state index contributed by atoms with van der Waals surface area (Å²) < 4.78 is 18.9. The number of carbonyl (C=O) groups excluding carboxylic acids is 1. The van der Waals surface area contributed by atoms with Crippen LogP contribution in [0.5, 0.6) is 0 Å². The second kappa shape index (κ2) is 9.62. The van der Waals surface area contributed by atoms with Crippen LogP contribution in [0.25, 0.3) is 11.0 Å². The van der Waals surface area contributed by atoms with Crippen molar-refractivity contribution in [3.05, 3.63) is 112 Å². The molecule has 0 spiro atoms. The molecule has 1 heterocycles. The van der Waals surface area contributed by atoms with Crippen LogP contribution in [-0.2, 0) is 17.9 Å². The molecular formula is C25H20FNO3S. The zero-order valence-electron chi connectivity index (χ0n) is 16.7. The summed E-state index contributed by atoms with van der Waals surface area (Å²) in [5.74, 6) is -0.230. The standard InChI is InChI=1S/C25H20FNO3S/c26-20-12-10-18(11-13-20)14-27(24(28)17-31-21-6-2-1-3-7-21)15-19-16-30-23-9-5-4-8-22(23)25(19)29/h1-13,16H,14-15,17H2. The molecule has 0 radical (unpaired) electrons. The van der Waals surface area contributed by atoms with Crippen LogP contribution in [0.4, 0.5) is 4.39 Å². The van der Waals surface area contributed by atoms with Gasteiger partial charge < -0.3 is 9.32 Å². The number of nitrogens with zero attached hydrogens (tertiary/aromatic N) is 1. The molecule has 3 aromatic carbocycles. The molecule has 1 aromatic heterocycles. The number of hydrogen-bond donors (Lipinski definition) is 0. The molecule has 0 aliphatic carbocycles. The van der Waals surface area contributed by atoms with Gasteiger partial charge in [-0.2, -0.15) is 0 Å². The Labute approximate surface area is 183 Å². The molecule has 6 heteroatoms. The number of halogens is 1. The Morgan fingerprint density at radius 3 is 2.39 bits per heavy atom. The van der Waals surface area contributed by atoms with Gasteiger partial charge in [0.25, 0.3) is 0 Å². The van der Waals surface area contributed by atoms with E-state index < -0.39 is 0 Å². The normalized spacial score (nSPS) is 10.9. The van der Waals surface area contributed by atoms with Crippen molar-refractivity contribution in [1.29, 1.82) is 0 Å². The number of benzene rings is 3. The molecular weight excluding hydrogens is 413 g/mol. The predicted octanol–water partition coefficient (Wildman–Crippen LogP) is 5.25. The van der Waals surface area contributed by atoms with Gasteiger partial charge in [-0.1, -0.05) is 42.5 Å². The average molecular weight is 434 g/mol.